The fourth-order valence-corrected chi connectivity index (χ4v) is 4.22. The molecule has 5 nitrogen and oxygen atoms in total. The third-order valence-electron chi connectivity index (χ3n) is 5.77. The van der Waals surface area contributed by atoms with E-state index in [0.717, 1.165) is 48.7 Å². The zero-order valence-electron chi connectivity index (χ0n) is 17.6. The molecule has 1 fully saturated rings. The van der Waals surface area contributed by atoms with E-state index < -0.39 is 0 Å². The number of para-hydroxylation sites is 1. The Labute approximate surface area is 178 Å². The van der Waals surface area contributed by atoms with Crippen LogP contribution in [0, 0.1) is 13.8 Å². The minimum atomic E-state index is -0.0350. The third-order valence-corrected chi connectivity index (χ3v) is 5.77. The SMILES string of the molecule is Cc1nn(-c2ccccc2)c(C)c1/C=C/C(=O)N[C@H]1CC[NH+](Cc2ccccc2)C1. The highest BCUT2D eigenvalue weighted by molar-refractivity contribution is 5.92. The van der Waals surface area contributed by atoms with Crippen molar-refractivity contribution in [3.05, 3.63) is 89.3 Å². The molecule has 1 aliphatic rings. The van der Waals surface area contributed by atoms with Gasteiger partial charge in [-0.2, -0.15) is 5.10 Å². The number of benzene rings is 2. The highest BCUT2D eigenvalue weighted by atomic mass is 16.1. The molecule has 1 aromatic heterocycles. The maximum Gasteiger partial charge on any atom is 0.244 e. The van der Waals surface area contributed by atoms with Crippen molar-refractivity contribution in [1.29, 1.82) is 0 Å². The number of rotatable bonds is 6. The Hall–Kier alpha value is -3.18. The van der Waals surface area contributed by atoms with E-state index in [4.69, 9.17) is 0 Å². The molecule has 30 heavy (non-hydrogen) atoms. The van der Waals surface area contributed by atoms with Crippen LogP contribution < -0.4 is 10.2 Å². The number of aromatic nitrogens is 2. The molecule has 0 radical (unpaired) electrons. The first-order chi connectivity index (χ1) is 14.6. The summed E-state index contributed by atoms with van der Waals surface area (Å²) in [6, 6.07) is 20.8. The second-order valence-electron chi connectivity index (χ2n) is 8.03. The number of quaternary nitrogens is 1. The molecule has 0 spiro atoms. The molecule has 5 heteroatoms. The van der Waals surface area contributed by atoms with E-state index in [2.05, 4.69) is 34.7 Å². The molecule has 154 valence electrons. The first-order valence-corrected chi connectivity index (χ1v) is 10.6. The van der Waals surface area contributed by atoms with Crippen LogP contribution in [0.25, 0.3) is 11.8 Å². The lowest BCUT2D eigenvalue weighted by Crippen LogP contribution is -3.09. The van der Waals surface area contributed by atoms with E-state index in [1.807, 2.05) is 61.0 Å². The van der Waals surface area contributed by atoms with Crippen molar-refractivity contribution in [2.45, 2.75) is 32.9 Å². The highest BCUT2D eigenvalue weighted by Gasteiger charge is 2.26. The Morgan fingerprint density at radius 1 is 1.13 bits per heavy atom. The minimum Gasteiger partial charge on any atom is -0.344 e. The lowest BCUT2D eigenvalue weighted by atomic mass is 10.1. The lowest BCUT2D eigenvalue weighted by molar-refractivity contribution is -0.901. The summed E-state index contributed by atoms with van der Waals surface area (Å²) in [6.45, 7) is 7.09. The summed E-state index contributed by atoms with van der Waals surface area (Å²) >= 11 is 0. The number of amides is 1. The van der Waals surface area contributed by atoms with Crippen molar-refractivity contribution in [2.75, 3.05) is 13.1 Å². The van der Waals surface area contributed by atoms with Gasteiger partial charge >= 0.3 is 0 Å². The number of nitrogens with zero attached hydrogens (tertiary/aromatic N) is 2. The molecule has 1 unspecified atom stereocenters. The first kappa shape index (κ1) is 20.1. The highest BCUT2D eigenvalue weighted by Crippen LogP contribution is 2.19. The Kier molecular flexibility index (Phi) is 6.10. The van der Waals surface area contributed by atoms with Crippen LogP contribution in [0.4, 0.5) is 0 Å². The largest absolute Gasteiger partial charge is 0.344 e. The Morgan fingerprint density at radius 2 is 1.83 bits per heavy atom. The maximum atomic E-state index is 12.5. The number of carbonyl (C=O) groups excluding carboxylic acids is 1. The average Bonchev–Trinajstić information content (AvgIpc) is 3.31. The second kappa shape index (κ2) is 9.09. The Morgan fingerprint density at radius 3 is 2.57 bits per heavy atom. The molecular weight excluding hydrogens is 372 g/mol. The van der Waals surface area contributed by atoms with Gasteiger partial charge in [0, 0.05) is 29.3 Å². The van der Waals surface area contributed by atoms with Gasteiger partial charge in [-0.25, -0.2) is 4.68 Å². The van der Waals surface area contributed by atoms with Gasteiger partial charge in [-0.05, 0) is 32.1 Å². The van der Waals surface area contributed by atoms with Gasteiger partial charge in [0.15, 0.2) is 0 Å². The number of hydrogen-bond donors (Lipinski definition) is 2. The van der Waals surface area contributed by atoms with Crippen LogP contribution in [0.3, 0.4) is 0 Å². The zero-order valence-corrected chi connectivity index (χ0v) is 17.6. The molecule has 3 aromatic rings. The average molecular weight is 402 g/mol. The fourth-order valence-electron chi connectivity index (χ4n) is 4.22. The van der Waals surface area contributed by atoms with Crippen LogP contribution in [0.15, 0.2) is 66.7 Å². The van der Waals surface area contributed by atoms with Gasteiger partial charge in [-0.15, -0.1) is 0 Å². The summed E-state index contributed by atoms with van der Waals surface area (Å²) < 4.78 is 1.93. The minimum absolute atomic E-state index is 0.0350. The predicted octanol–water partition coefficient (Wildman–Crippen LogP) is 2.48. The van der Waals surface area contributed by atoms with E-state index in [9.17, 15) is 4.79 Å². The molecule has 2 N–H and O–H groups in total. The van der Waals surface area contributed by atoms with Crippen LogP contribution in [-0.4, -0.2) is 34.8 Å². The van der Waals surface area contributed by atoms with Crippen molar-refractivity contribution in [3.63, 3.8) is 0 Å². The predicted molar refractivity (Wildman–Crippen MR) is 119 cm³/mol. The number of carbonyl (C=O) groups is 1. The molecule has 0 bridgehead atoms. The van der Waals surface area contributed by atoms with Crippen LogP contribution in [0.2, 0.25) is 0 Å². The maximum absolute atomic E-state index is 12.5. The summed E-state index contributed by atoms with van der Waals surface area (Å²) in [4.78, 5) is 14.0. The standard InChI is InChI=1S/C25H28N4O/c1-19-24(20(2)29(27-19)23-11-7-4-8-12-23)13-14-25(30)26-22-15-16-28(18-22)17-21-9-5-3-6-10-21/h3-14,22H,15-18H2,1-2H3,(H,26,30)/p+1/b14-13+/t22-/m0/s1. The van der Waals surface area contributed by atoms with E-state index in [1.165, 1.54) is 10.5 Å². The molecule has 0 aliphatic carbocycles. The summed E-state index contributed by atoms with van der Waals surface area (Å²) in [5, 5.41) is 7.81. The molecule has 2 aromatic carbocycles. The van der Waals surface area contributed by atoms with Crippen molar-refractivity contribution < 1.29 is 9.69 Å². The Balaban J connectivity index is 1.35. The van der Waals surface area contributed by atoms with Crippen LogP contribution in [0.5, 0.6) is 0 Å². The molecule has 2 heterocycles. The summed E-state index contributed by atoms with van der Waals surface area (Å²) in [5.74, 6) is -0.0350. The van der Waals surface area contributed by atoms with Crippen molar-refractivity contribution >= 4 is 12.0 Å². The number of hydrogen-bond acceptors (Lipinski definition) is 2. The van der Waals surface area contributed by atoms with Gasteiger partial charge in [-0.3, -0.25) is 4.79 Å². The molecule has 4 rings (SSSR count). The van der Waals surface area contributed by atoms with Gasteiger partial charge in [0.1, 0.15) is 6.54 Å². The first-order valence-electron chi connectivity index (χ1n) is 10.6. The molecule has 1 saturated heterocycles. The zero-order chi connectivity index (χ0) is 20.9. The van der Waals surface area contributed by atoms with E-state index in [-0.39, 0.29) is 11.9 Å². The quantitative estimate of drug-likeness (QED) is 0.624. The van der Waals surface area contributed by atoms with Gasteiger partial charge in [0.25, 0.3) is 0 Å². The molecule has 1 amide bonds. The van der Waals surface area contributed by atoms with Gasteiger partial charge in [0.2, 0.25) is 5.91 Å². The molecular formula is C25H29N4O+. The van der Waals surface area contributed by atoms with Crippen LogP contribution in [0.1, 0.15) is 28.9 Å². The van der Waals surface area contributed by atoms with E-state index in [1.54, 1.807) is 6.08 Å². The van der Waals surface area contributed by atoms with E-state index >= 15 is 0 Å². The summed E-state index contributed by atoms with van der Waals surface area (Å²) in [6.07, 6.45) is 4.54. The molecule has 2 atom stereocenters. The normalized spacial score (nSPS) is 18.7. The summed E-state index contributed by atoms with van der Waals surface area (Å²) in [5.41, 5.74) is 5.31. The van der Waals surface area contributed by atoms with Crippen molar-refractivity contribution in [3.8, 4) is 5.69 Å². The van der Waals surface area contributed by atoms with Crippen molar-refractivity contribution in [2.24, 2.45) is 0 Å². The fraction of sp³-hybridized carbons (Fsp3) is 0.280. The number of nitrogens with one attached hydrogen (secondary N) is 2. The number of aryl methyl sites for hydroxylation is 1. The summed E-state index contributed by atoms with van der Waals surface area (Å²) in [7, 11) is 0. The van der Waals surface area contributed by atoms with Gasteiger partial charge in [-0.1, -0.05) is 48.5 Å². The lowest BCUT2D eigenvalue weighted by Gasteiger charge is -2.13. The van der Waals surface area contributed by atoms with Crippen LogP contribution >= 0.6 is 0 Å². The third kappa shape index (κ3) is 4.69. The smallest absolute Gasteiger partial charge is 0.244 e. The topological polar surface area (TPSA) is 51.4 Å². The number of likely N-dealkylation sites (tertiary alicyclic amines) is 1. The van der Waals surface area contributed by atoms with Crippen LogP contribution in [-0.2, 0) is 11.3 Å². The van der Waals surface area contributed by atoms with E-state index in [0.29, 0.717) is 0 Å². The molecule has 0 saturated carbocycles. The Bertz CT molecular complexity index is 1020. The van der Waals surface area contributed by atoms with Gasteiger partial charge in [0.05, 0.1) is 30.5 Å². The van der Waals surface area contributed by atoms with Gasteiger partial charge < -0.3 is 10.2 Å². The van der Waals surface area contributed by atoms with Crippen molar-refractivity contribution in [1.82, 2.24) is 15.1 Å². The second-order valence-corrected chi connectivity index (χ2v) is 8.03. The molecule has 1 aliphatic heterocycles. The monoisotopic (exact) mass is 401 g/mol.